The number of nitrogens with two attached hydrogens (primary N) is 1. The number of nitrogens with one attached hydrogen (secondary N) is 1. The lowest BCUT2D eigenvalue weighted by atomic mass is 10.2. The van der Waals surface area contributed by atoms with Gasteiger partial charge in [-0.1, -0.05) is 0 Å². The summed E-state index contributed by atoms with van der Waals surface area (Å²) in [7, 11) is 0. The minimum Gasteiger partial charge on any atom is -0.270 e. The minimum absolute atomic E-state index is 0.118. The molecule has 2 aromatic rings. The molecule has 3 N–H and O–H groups in total. The van der Waals surface area contributed by atoms with Crippen molar-refractivity contribution in [2.24, 2.45) is 5.84 Å². The second-order valence-corrected chi connectivity index (χ2v) is 4.66. The minimum atomic E-state index is -0.118. The van der Waals surface area contributed by atoms with Crippen LogP contribution >= 0.6 is 27.3 Å². The lowest BCUT2D eigenvalue weighted by Gasteiger charge is -2.13. The van der Waals surface area contributed by atoms with Crippen molar-refractivity contribution in [1.29, 1.82) is 0 Å². The highest BCUT2D eigenvalue weighted by atomic mass is 79.9. The van der Waals surface area contributed by atoms with Gasteiger partial charge in [-0.15, -0.1) is 11.3 Å². The van der Waals surface area contributed by atoms with E-state index in [0.29, 0.717) is 0 Å². The summed E-state index contributed by atoms with van der Waals surface area (Å²) in [6.07, 6.45) is 5.00. The van der Waals surface area contributed by atoms with E-state index in [9.17, 15) is 0 Å². The first-order valence-corrected chi connectivity index (χ1v) is 5.95. The van der Waals surface area contributed by atoms with Crippen molar-refractivity contribution in [3.05, 3.63) is 45.1 Å². The molecule has 1 atom stereocenters. The first-order valence-electron chi connectivity index (χ1n) is 4.28. The summed E-state index contributed by atoms with van der Waals surface area (Å²) in [5.41, 5.74) is 3.55. The Hall–Kier alpha value is -0.820. The van der Waals surface area contributed by atoms with Gasteiger partial charge in [0.1, 0.15) is 0 Å². The largest absolute Gasteiger partial charge is 0.270 e. The summed E-state index contributed by atoms with van der Waals surface area (Å²) in [6.45, 7) is 0. The van der Waals surface area contributed by atoms with Crippen molar-refractivity contribution in [1.82, 2.24) is 15.4 Å². The molecule has 2 heterocycles. The van der Waals surface area contributed by atoms with Crippen LogP contribution in [0, 0.1) is 0 Å². The SMILES string of the molecule is NNC(c1cnccn1)c1sccc1Br. The molecule has 0 amide bonds. The zero-order valence-electron chi connectivity index (χ0n) is 7.72. The van der Waals surface area contributed by atoms with Crippen LogP contribution in [0.25, 0.3) is 0 Å². The van der Waals surface area contributed by atoms with Crippen LogP contribution in [0.3, 0.4) is 0 Å². The van der Waals surface area contributed by atoms with E-state index in [-0.39, 0.29) is 6.04 Å². The third-order valence-corrected chi connectivity index (χ3v) is 3.89. The van der Waals surface area contributed by atoms with Gasteiger partial charge in [-0.3, -0.25) is 15.8 Å². The number of aromatic nitrogens is 2. The number of nitrogens with zero attached hydrogens (tertiary/aromatic N) is 2. The van der Waals surface area contributed by atoms with E-state index in [1.165, 1.54) is 0 Å². The monoisotopic (exact) mass is 284 g/mol. The van der Waals surface area contributed by atoms with Gasteiger partial charge in [0.2, 0.25) is 0 Å². The van der Waals surface area contributed by atoms with Gasteiger partial charge in [-0.2, -0.15) is 0 Å². The van der Waals surface area contributed by atoms with Crippen LogP contribution in [-0.2, 0) is 0 Å². The molecule has 1 unspecified atom stereocenters. The molecule has 78 valence electrons. The molecule has 2 aromatic heterocycles. The van der Waals surface area contributed by atoms with E-state index < -0.39 is 0 Å². The molecule has 0 saturated heterocycles. The van der Waals surface area contributed by atoms with E-state index >= 15 is 0 Å². The molecule has 0 aromatic carbocycles. The Labute approximate surface area is 99.7 Å². The second-order valence-electron chi connectivity index (χ2n) is 2.86. The van der Waals surface area contributed by atoms with Crippen LogP contribution in [0.4, 0.5) is 0 Å². The van der Waals surface area contributed by atoms with Gasteiger partial charge in [0, 0.05) is 21.7 Å². The van der Waals surface area contributed by atoms with Crippen LogP contribution in [-0.4, -0.2) is 9.97 Å². The molecule has 0 aliphatic rings. The Morgan fingerprint density at radius 1 is 1.47 bits per heavy atom. The molecule has 0 aliphatic carbocycles. The van der Waals surface area contributed by atoms with Gasteiger partial charge in [0.25, 0.3) is 0 Å². The number of hydrogen-bond acceptors (Lipinski definition) is 5. The van der Waals surface area contributed by atoms with Gasteiger partial charge < -0.3 is 0 Å². The molecule has 0 bridgehead atoms. The fourth-order valence-electron chi connectivity index (χ4n) is 1.27. The van der Waals surface area contributed by atoms with Crippen LogP contribution in [0.2, 0.25) is 0 Å². The summed E-state index contributed by atoms with van der Waals surface area (Å²) in [6, 6.07) is 1.87. The quantitative estimate of drug-likeness (QED) is 0.667. The highest BCUT2D eigenvalue weighted by molar-refractivity contribution is 9.10. The summed E-state index contributed by atoms with van der Waals surface area (Å²) in [5.74, 6) is 5.53. The van der Waals surface area contributed by atoms with E-state index in [1.807, 2.05) is 11.4 Å². The molecule has 6 heteroatoms. The summed E-state index contributed by atoms with van der Waals surface area (Å²) in [5, 5.41) is 2.00. The van der Waals surface area contributed by atoms with Crippen molar-refractivity contribution in [3.8, 4) is 0 Å². The highest BCUT2D eigenvalue weighted by Gasteiger charge is 2.17. The zero-order valence-corrected chi connectivity index (χ0v) is 10.1. The maximum absolute atomic E-state index is 5.53. The number of halogens is 1. The molecule has 15 heavy (non-hydrogen) atoms. The van der Waals surface area contributed by atoms with Crippen molar-refractivity contribution < 1.29 is 0 Å². The lowest BCUT2D eigenvalue weighted by molar-refractivity contribution is 0.625. The molecule has 0 spiro atoms. The van der Waals surface area contributed by atoms with Crippen molar-refractivity contribution in [2.45, 2.75) is 6.04 Å². The number of rotatable bonds is 3. The van der Waals surface area contributed by atoms with Crippen molar-refractivity contribution in [3.63, 3.8) is 0 Å². The molecule has 4 nitrogen and oxygen atoms in total. The third-order valence-electron chi connectivity index (χ3n) is 1.95. The molecule has 0 saturated carbocycles. The van der Waals surface area contributed by atoms with Crippen LogP contribution in [0.15, 0.2) is 34.5 Å². The Kier molecular flexibility index (Phi) is 3.42. The zero-order chi connectivity index (χ0) is 10.7. The summed E-state index contributed by atoms with van der Waals surface area (Å²) >= 11 is 5.09. The van der Waals surface area contributed by atoms with E-state index in [0.717, 1.165) is 15.0 Å². The first kappa shape index (κ1) is 10.7. The van der Waals surface area contributed by atoms with Gasteiger partial charge in [0.05, 0.1) is 17.9 Å². The number of thiophene rings is 1. The molecular weight excluding hydrogens is 276 g/mol. The fraction of sp³-hybridized carbons (Fsp3) is 0.111. The maximum Gasteiger partial charge on any atom is 0.1000 e. The second kappa shape index (κ2) is 4.80. The van der Waals surface area contributed by atoms with Crippen LogP contribution in [0.1, 0.15) is 16.6 Å². The third kappa shape index (κ3) is 2.23. The molecule has 2 rings (SSSR count). The molecule has 0 radical (unpaired) electrons. The van der Waals surface area contributed by atoms with Crippen molar-refractivity contribution >= 4 is 27.3 Å². The average molecular weight is 285 g/mol. The van der Waals surface area contributed by atoms with Crippen LogP contribution in [0.5, 0.6) is 0 Å². The Balaban J connectivity index is 2.37. The predicted molar refractivity (Wildman–Crippen MR) is 63.2 cm³/mol. The van der Waals surface area contributed by atoms with Crippen LogP contribution < -0.4 is 11.3 Å². The van der Waals surface area contributed by atoms with Crippen molar-refractivity contribution in [2.75, 3.05) is 0 Å². The Morgan fingerprint density at radius 3 is 2.87 bits per heavy atom. The Morgan fingerprint density at radius 2 is 2.33 bits per heavy atom. The maximum atomic E-state index is 5.53. The standard InChI is InChI=1S/C9H9BrN4S/c10-6-1-4-15-9(6)8(14-11)7-5-12-2-3-13-7/h1-5,8,14H,11H2. The topological polar surface area (TPSA) is 63.8 Å². The lowest BCUT2D eigenvalue weighted by Crippen LogP contribution is -2.29. The smallest absolute Gasteiger partial charge is 0.1000 e. The van der Waals surface area contributed by atoms with Gasteiger partial charge in [-0.25, -0.2) is 5.43 Å². The van der Waals surface area contributed by atoms with Gasteiger partial charge in [-0.05, 0) is 27.4 Å². The van der Waals surface area contributed by atoms with E-state index in [1.54, 1.807) is 29.9 Å². The number of hydrazine groups is 1. The van der Waals surface area contributed by atoms with Gasteiger partial charge >= 0.3 is 0 Å². The average Bonchev–Trinajstić information content (AvgIpc) is 2.68. The summed E-state index contributed by atoms with van der Waals surface area (Å²) in [4.78, 5) is 9.35. The Bertz CT molecular complexity index is 431. The fourth-order valence-corrected chi connectivity index (χ4v) is 2.94. The highest BCUT2D eigenvalue weighted by Crippen LogP contribution is 2.31. The van der Waals surface area contributed by atoms with E-state index in [2.05, 4.69) is 31.3 Å². The van der Waals surface area contributed by atoms with E-state index in [4.69, 9.17) is 5.84 Å². The van der Waals surface area contributed by atoms with Gasteiger partial charge in [0.15, 0.2) is 0 Å². The summed E-state index contributed by atoms with van der Waals surface area (Å²) < 4.78 is 1.03. The molecule has 0 aliphatic heterocycles. The predicted octanol–water partition coefficient (Wildman–Crippen LogP) is 1.85. The number of hydrogen-bond donors (Lipinski definition) is 2. The first-order chi connectivity index (χ1) is 7.33. The molecular formula is C9H9BrN4S. The normalized spacial score (nSPS) is 12.7. The molecule has 0 fully saturated rings.